The van der Waals surface area contributed by atoms with Gasteiger partial charge in [-0.3, -0.25) is 0 Å². The van der Waals surface area contributed by atoms with Crippen molar-refractivity contribution in [3.05, 3.63) is 40.6 Å². The van der Waals surface area contributed by atoms with Gasteiger partial charge >= 0.3 is 0 Å². The van der Waals surface area contributed by atoms with Crippen molar-refractivity contribution < 1.29 is 4.74 Å². The minimum absolute atomic E-state index is 0.829. The van der Waals surface area contributed by atoms with Crippen LogP contribution in [0.5, 0.6) is 0 Å². The van der Waals surface area contributed by atoms with Crippen molar-refractivity contribution in [2.75, 3.05) is 32.8 Å². The van der Waals surface area contributed by atoms with Gasteiger partial charge in [-0.15, -0.1) is 0 Å². The molecule has 0 amide bonds. The summed E-state index contributed by atoms with van der Waals surface area (Å²) in [4.78, 5) is 0. The van der Waals surface area contributed by atoms with Crippen LogP contribution in [0, 0.1) is 6.92 Å². The molecule has 0 N–H and O–H groups in total. The molecule has 2 aliphatic heterocycles. The molecule has 0 atom stereocenters. The summed E-state index contributed by atoms with van der Waals surface area (Å²) >= 11 is 0. The van der Waals surface area contributed by atoms with Gasteiger partial charge in [-0.2, -0.15) is 0 Å². The molecule has 2 aliphatic rings. The van der Waals surface area contributed by atoms with Crippen molar-refractivity contribution in [3.63, 3.8) is 0 Å². The van der Waals surface area contributed by atoms with Gasteiger partial charge in [0.15, 0.2) is 0 Å². The van der Waals surface area contributed by atoms with Crippen molar-refractivity contribution in [2.45, 2.75) is 33.6 Å². The minimum atomic E-state index is 0.829. The zero-order valence-corrected chi connectivity index (χ0v) is 13.5. The number of nitrogens with zero attached hydrogens (tertiary/aromatic N) is 2. The summed E-state index contributed by atoms with van der Waals surface area (Å²) < 4.78 is 5.56. The normalized spacial score (nSPS) is 19.4. The van der Waals surface area contributed by atoms with E-state index in [1.54, 1.807) is 0 Å². The number of rotatable bonds is 3. The van der Waals surface area contributed by atoms with Gasteiger partial charge in [0.1, 0.15) is 0 Å². The van der Waals surface area contributed by atoms with Gasteiger partial charge in [0.05, 0.1) is 19.8 Å². The summed E-state index contributed by atoms with van der Waals surface area (Å²) in [5.41, 5.74) is 7.35. The first kappa shape index (κ1) is 14.6. The van der Waals surface area contributed by atoms with Crippen LogP contribution in [-0.4, -0.2) is 42.9 Å². The number of hydrazine groups is 1. The zero-order chi connectivity index (χ0) is 14.8. The molecule has 3 rings (SSSR count). The predicted molar refractivity (Wildman–Crippen MR) is 87.0 cm³/mol. The maximum absolute atomic E-state index is 5.56. The van der Waals surface area contributed by atoms with E-state index in [4.69, 9.17) is 4.74 Å². The molecular formula is C18H26N2O. The smallest absolute Gasteiger partial charge is 0.0657 e. The summed E-state index contributed by atoms with van der Waals surface area (Å²) in [5, 5.41) is 4.77. The molecule has 3 heteroatoms. The standard InChI is InChI=1S/C18H26N2O/c1-4-15-10-14(3)11-16(5-2)18(15)17-12-19-6-8-21-9-7-20(19)13-17/h10-12H,4-9,13H2,1-3H3. The molecule has 0 saturated carbocycles. The van der Waals surface area contributed by atoms with Crippen molar-refractivity contribution >= 4 is 5.57 Å². The third kappa shape index (κ3) is 2.85. The second-order valence-corrected chi connectivity index (χ2v) is 5.98. The quantitative estimate of drug-likeness (QED) is 0.849. The first-order valence-corrected chi connectivity index (χ1v) is 8.15. The van der Waals surface area contributed by atoms with Crippen molar-refractivity contribution in [3.8, 4) is 0 Å². The molecule has 1 aromatic rings. The highest BCUT2D eigenvalue weighted by molar-refractivity contribution is 5.73. The summed E-state index contributed by atoms with van der Waals surface area (Å²) in [5.74, 6) is 0. The van der Waals surface area contributed by atoms with Gasteiger partial charge < -0.3 is 9.75 Å². The lowest BCUT2D eigenvalue weighted by molar-refractivity contribution is 0.0699. The molecule has 0 unspecified atom stereocenters. The first-order chi connectivity index (χ1) is 10.2. The Morgan fingerprint density at radius 1 is 1.05 bits per heavy atom. The van der Waals surface area contributed by atoms with Crippen LogP contribution in [0.4, 0.5) is 0 Å². The molecular weight excluding hydrogens is 260 g/mol. The highest BCUT2D eigenvalue weighted by atomic mass is 16.5. The molecule has 3 nitrogen and oxygen atoms in total. The Labute approximate surface area is 128 Å². The largest absolute Gasteiger partial charge is 0.378 e. The average Bonchev–Trinajstić information content (AvgIpc) is 2.76. The van der Waals surface area contributed by atoms with Crippen molar-refractivity contribution in [2.24, 2.45) is 0 Å². The molecule has 0 radical (unpaired) electrons. The van der Waals surface area contributed by atoms with E-state index in [1.807, 2.05) is 0 Å². The Bertz CT molecular complexity index is 525. The Kier molecular flexibility index (Phi) is 4.32. The van der Waals surface area contributed by atoms with E-state index in [-0.39, 0.29) is 0 Å². The summed E-state index contributed by atoms with van der Waals surface area (Å²) in [6.07, 6.45) is 4.55. The molecule has 0 aromatic heterocycles. The van der Waals surface area contributed by atoms with Gasteiger partial charge in [-0.1, -0.05) is 31.5 Å². The topological polar surface area (TPSA) is 15.7 Å². The molecule has 1 saturated heterocycles. The van der Waals surface area contributed by atoms with Gasteiger partial charge in [0.2, 0.25) is 0 Å². The molecule has 114 valence electrons. The lowest BCUT2D eigenvalue weighted by Gasteiger charge is -2.25. The van der Waals surface area contributed by atoms with Gasteiger partial charge in [-0.05, 0) is 42.0 Å². The van der Waals surface area contributed by atoms with Crippen LogP contribution in [0.15, 0.2) is 18.3 Å². The van der Waals surface area contributed by atoms with Crippen LogP contribution in [0.2, 0.25) is 0 Å². The van der Waals surface area contributed by atoms with E-state index >= 15 is 0 Å². The van der Waals surface area contributed by atoms with Crippen LogP contribution in [-0.2, 0) is 17.6 Å². The highest BCUT2D eigenvalue weighted by Crippen LogP contribution is 2.31. The zero-order valence-electron chi connectivity index (χ0n) is 13.5. The van der Waals surface area contributed by atoms with Crippen molar-refractivity contribution in [1.29, 1.82) is 0 Å². The Balaban J connectivity index is 1.98. The summed E-state index contributed by atoms with van der Waals surface area (Å²) in [7, 11) is 0. The highest BCUT2D eigenvalue weighted by Gasteiger charge is 2.26. The number of aryl methyl sites for hydroxylation is 3. The van der Waals surface area contributed by atoms with Gasteiger partial charge in [0, 0.05) is 19.3 Å². The first-order valence-electron chi connectivity index (χ1n) is 8.15. The molecule has 21 heavy (non-hydrogen) atoms. The third-order valence-corrected chi connectivity index (χ3v) is 4.51. The Morgan fingerprint density at radius 2 is 1.71 bits per heavy atom. The second-order valence-electron chi connectivity index (χ2n) is 5.98. The van der Waals surface area contributed by atoms with E-state index in [2.05, 4.69) is 49.1 Å². The van der Waals surface area contributed by atoms with Gasteiger partial charge in [0.25, 0.3) is 0 Å². The maximum atomic E-state index is 5.56. The maximum Gasteiger partial charge on any atom is 0.0657 e. The molecule has 1 fully saturated rings. The monoisotopic (exact) mass is 286 g/mol. The van der Waals surface area contributed by atoms with Gasteiger partial charge in [-0.25, -0.2) is 5.01 Å². The van der Waals surface area contributed by atoms with Crippen LogP contribution in [0.25, 0.3) is 5.57 Å². The number of benzene rings is 1. The third-order valence-electron chi connectivity index (χ3n) is 4.51. The number of hydrogen-bond acceptors (Lipinski definition) is 3. The molecule has 2 heterocycles. The molecule has 0 bridgehead atoms. The van der Waals surface area contributed by atoms with Crippen molar-refractivity contribution in [1.82, 2.24) is 10.0 Å². The Morgan fingerprint density at radius 3 is 2.38 bits per heavy atom. The second kappa shape index (κ2) is 6.20. The molecule has 0 spiro atoms. The summed E-state index contributed by atoms with van der Waals surface area (Å²) in [6, 6.07) is 4.72. The lowest BCUT2D eigenvalue weighted by Crippen LogP contribution is -2.36. The fraction of sp³-hybridized carbons (Fsp3) is 0.556. The van der Waals surface area contributed by atoms with Crippen LogP contribution in [0.1, 0.15) is 36.1 Å². The van der Waals surface area contributed by atoms with E-state index in [1.165, 1.54) is 27.8 Å². The Hall–Kier alpha value is -1.32. The predicted octanol–water partition coefficient (Wildman–Crippen LogP) is 3.02. The van der Waals surface area contributed by atoms with E-state index in [0.717, 1.165) is 45.7 Å². The van der Waals surface area contributed by atoms with E-state index in [9.17, 15) is 0 Å². The minimum Gasteiger partial charge on any atom is -0.378 e. The average molecular weight is 286 g/mol. The number of hydrogen-bond donors (Lipinski definition) is 0. The van der Waals surface area contributed by atoms with E-state index < -0.39 is 0 Å². The fourth-order valence-corrected chi connectivity index (χ4v) is 3.49. The summed E-state index contributed by atoms with van der Waals surface area (Å²) in [6.45, 7) is 11.4. The van der Waals surface area contributed by atoms with Crippen LogP contribution < -0.4 is 0 Å². The number of fused-ring (bicyclic) bond motifs is 1. The van der Waals surface area contributed by atoms with Crippen LogP contribution in [0.3, 0.4) is 0 Å². The fourth-order valence-electron chi connectivity index (χ4n) is 3.49. The lowest BCUT2D eigenvalue weighted by atomic mass is 9.90. The molecule has 0 aliphatic carbocycles. The van der Waals surface area contributed by atoms with Crippen LogP contribution >= 0.6 is 0 Å². The number of ether oxygens (including phenoxy) is 1. The SMILES string of the molecule is CCc1cc(C)cc(CC)c1C1=CN2CCOCCN2C1. The van der Waals surface area contributed by atoms with E-state index in [0.29, 0.717) is 0 Å². The molecule has 1 aromatic carbocycles.